The van der Waals surface area contributed by atoms with Crippen LogP contribution in [0.1, 0.15) is 35.5 Å². The molecule has 0 radical (unpaired) electrons. The Morgan fingerprint density at radius 1 is 1.29 bits per heavy atom. The first kappa shape index (κ1) is 15.5. The van der Waals surface area contributed by atoms with Gasteiger partial charge < -0.3 is 19.3 Å². The number of aryl methyl sites for hydroxylation is 1. The van der Waals surface area contributed by atoms with Gasteiger partial charge in [0.25, 0.3) is 0 Å². The Morgan fingerprint density at radius 2 is 2.10 bits per heavy atom. The van der Waals surface area contributed by atoms with Gasteiger partial charge in [-0.05, 0) is 31.5 Å². The van der Waals surface area contributed by atoms with Crippen LogP contribution in [0.15, 0.2) is 28.8 Å². The number of methoxy groups -OCH3 is 2. The number of nitrogens with one attached hydrogen (secondary N) is 1. The van der Waals surface area contributed by atoms with Gasteiger partial charge in [-0.2, -0.15) is 0 Å². The van der Waals surface area contributed by atoms with Crippen LogP contribution >= 0.6 is 0 Å². The molecule has 1 unspecified atom stereocenters. The summed E-state index contributed by atoms with van der Waals surface area (Å²) in [6.45, 7) is 5.21. The van der Waals surface area contributed by atoms with Crippen LogP contribution in [0.25, 0.3) is 0 Å². The molecule has 1 heterocycles. The molecule has 0 fully saturated rings. The van der Waals surface area contributed by atoms with E-state index < -0.39 is 0 Å². The van der Waals surface area contributed by atoms with Crippen molar-refractivity contribution < 1.29 is 14.0 Å². The third-order valence-corrected chi connectivity index (χ3v) is 3.36. The summed E-state index contributed by atoms with van der Waals surface area (Å²) >= 11 is 0. The lowest BCUT2D eigenvalue weighted by Gasteiger charge is -2.16. The van der Waals surface area contributed by atoms with Crippen molar-refractivity contribution in [2.24, 2.45) is 0 Å². The lowest BCUT2D eigenvalue weighted by atomic mass is 10.0. The van der Waals surface area contributed by atoms with E-state index in [1.807, 2.05) is 19.1 Å². The van der Waals surface area contributed by atoms with Gasteiger partial charge in [0.1, 0.15) is 5.75 Å². The maximum absolute atomic E-state index is 5.34. The van der Waals surface area contributed by atoms with E-state index in [0.29, 0.717) is 13.2 Å². The van der Waals surface area contributed by atoms with Crippen molar-refractivity contribution in [2.75, 3.05) is 14.2 Å². The molecule has 0 aliphatic heterocycles. The van der Waals surface area contributed by atoms with E-state index in [0.717, 1.165) is 22.8 Å². The minimum Gasteiger partial charge on any atom is -0.496 e. The minimum atomic E-state index is 0.192. The second-order valence-electron chi connectivity index (χ2n) is 5.04. The first-order valence-electron chi connectivity index (χ1n) is 6.95. The Kier molecular flexibility index (Phi) is 5.36. The van der Waals surface area contributed by atoms with Crippen LogP contribution < -0.4 is 10.1 Å². The molecule has 1 aromatic carbocycles. The molecule has 5 heteroatoms. The summed E-state index contributed by atoms with van der Waals surface area (Å²) in [5, 5.41) is 7.30. The first-order chi connectivity index (χ1) is 10.1. The van der Waals surface area contributed by atoms with Crippen LogP contribution in [0.4, 0.5) is 0 Å². The van der Waals surface area contributed by atoms with Crippen molar-refractivity contribution in [1.82, 2.24) is 10.5 Å². The summed E-state index contributed by atoms with van der Waals surface area (Å²) in [4.78, 5) is 0. The van der Waals surface area contributed by atoms with Crippen molar-refractivity contribution in [3.8, 4) is 5.75 Å². The number of rotatable bonds is 7. The fourth-order valence-corrected chi connectivity index (χ4v) is 2.21. The maximum atomic E-state index is 5.34. The molecule has 2 rings (SSSR count). The van der Waals surface area contributed by atoms with E-state index in [-0.39, 0.29) is 6.04 Å². The molecule has 0 saturated heterocycles. The Bertz CT molecular complexity index is 581. The average Bonchev–Trinajstić information content (AvgIpc) is 2.90. The van der Waals surface area contributed by atoms with Gasteiger partial charge in [-0.25, -0.2) is 0 Å². The largest absolute Gasteiger partial charge is 0.496 e. The summed E-state index contributed by atoms with van der Waals surface area (Å²) in [7, 11) is 3.35. The number of hydrogen-bond acceptors (Lipinski definition) is 5. The van der Waals surface area contributed by atoms with Crippen LogP contribution in [0, 0.1) is 6.92 Å². The average molecular weight is 290 g/mol. The highest BCUT2D eigenvalue weighted by molar-refractivity contribution is 5.38. The van der Waals surface area contributed by atoms with E-state index in [9.17, 15) is 0 Å². The molecule has 0 amide bonds. The van der Waals surface area contributed by atoms with E-state index in [2.05, 4.69) is 29.5 Å². The van der Waals surface area contributed by atoms with Crippen LogP contribution in [0.5, 0.6) is 5.75 Å². The van der Waals surface area contributed by atoms with Gasteiger partial charge >= 0.3 is 0 Å². The van der Waals surface area contributed by atoms with Crippen LogP contribution in [-0.2, 0) is 17.9 Å². The highest BCUT2D eigenvalue weighted by Crippen LogP contribution is 2.24. The third-order valence-electron chi connectivity index (χ3n) is 3.36. The SMILES string of the molecule is COCc1cc(C(C)NCc2cc(C)no2)ccc1OC. The molecule has 0 bridgehead atoms. The predicted octanol–water partition coefficient (Wildman–Crippen LogP) is 2.99. The molecular formula is C16H22N2O3. The molecule has 2 aromatic rings. The van der Waals surface area contributed by atoms with Gasteiger partial charge in [0, 0.05) is 24.8 Å². The number of benzene rings is 1. The Balaban J connectivity index is 2.04. The van der Waals surface area contributed by atoms with Crippen LogP contribution in [-0.4, -0.2) is 19.4 Å². The fourth-order valence-electron chi connectivity index (χ4n) is 2.21. The van der Waals surface area contributed by atoms with E-state index >= 15 is 0 Å². The van der Waals surface area contributed by atoms with Gasteiger partial charge in [-0.3, -0.25) is 0 Å². The molecule has 0 spiro atoms. The smallest absolute Gasteiger partial charge is 0.150 e. The van der Waals surface area contributed by atoms with Crippen molar-refractivity contribution >= 4 is 0 Å². The summed E-state index contributed by atoms with van der Waals surface area (Å²) in [6, 6.07) is 8.26. The van der Waals surface area contributed by atoms with Gasteiger partial charge in [0.15, 0.2) is 5.76 Å². The van der Waals surface area contributed by atoms with Crippen molar-refractivity contribution in [3.05, 3.63) is 46.8 Å². The van der Waals surface area contributed by atoms with E-state index in [4.69, 9.17) is 14.0 Å². The molecule has 21 heavy (non-hydrogen) atoms. The molecule has 0 aliphatic rings. The van der Waals surface area contributed by atoms with Crippen molar-refractivity contribution in [1.29, 1.82) is 0 Å². The van der Waals surface area contributed by atoms with E-state index in [1.165, 1.54) is 5.56 Å². The number of aromatic nitrogens is 1. The van der Waals surface area contributed by atoms with Crippen LogP contribution in [0.2, 0.25) is 0 Å². The van der Waals surface area contributed by atoms with Crippen molar-refractivity contribution in [2.45, 2.75) is 33.0 Å². The number of ether oxygens (including phenoxy) is 2. The quantitative estimate of drug-likeness (QED) is 0.849. The Hall–Kier alpha value is -1.85. The molecule has 5 nitrogen and oxygen atoms in total. The number of hydrogen-bond donors (Lipinski definition) is 1. The first-order valence-corrected chi connectivity index (χ1v) is 6.95. The van der Waals surface area contributed by atoms with Gasteiger partial charge in [0.2, 0.25) is 0 Å². The molecular weight excluding hydrogens is 268 g/mol. The third kappa shape index (κ3) is 4.06. The Labute approximate surface area is 125 Å². The van der Waals surface area contributed by atoms with Gasteiger partial charge in [-0.1, -0.05) is 11.2 Å². The maximum Gasteiger partial charge on any atom is 0.150 e. The highest BCUT2D eigenvalue weighted by Gasteiger charge is 2.10. The molecule has 1 atom stereocenters. The normalized spacial score (nSPS) is 12.4. The fraction of sp³-hybridized carbons (Fsp3) is 0.438. The minimum absolute atomic E-state index is 0.192. The molecule has 0 aliphatic carbocycles. The lowest BCUT2D eigenvalue weighted by Crippen LogP contribution is -2.18. The predicted molar refractivity (Wildman–Crippen MR) is 80.2 cm³/mol. The molecule has 114 valence electrons. The summed E-state index contributed by atoms with van der Waals surface area (Å²) < 4.78 is 15.8. The zero-order chi connectivity index (χ0) is 15.2. The molecule has 1 aromatic heterocycles. The molecule has 1 N–H and O–H groups in total. The standard InChI is InChI=1S/C16H22N2O3/c1-11-7-15(21-18-11)9-17-12(2)13-5-6-16(20-4)14(8-13)10-19-3/h5-8,12,17H,9-10H2,1-4H3. The van der Waals surface area contributed by atoms with Gasteiger partial charge in [-0.15, -0.1) is 0 Å². The summed E-state index contributed by atoms with van der Waals surface area (Å²) in [5.41, 5.74) is 3.12. The monoisotopic (exact) mass is 290 g/mol. The van der Waals surface area contributed by atoms with Crippen molar-refractivity contribution in [3.63, 3.8) is 0 Å². The van der Waals surface area contributed by atoms with Crippen LogP contribution in [0.3, 0.4) is 0 Å². The second kappa shape index (κ2) is 7.24. The molecule has 0 saturated carbocycles. The summed E-state index contributed by atoms with van der Waals surface area (Å²) in [6.07, 6.45) is 0. The number of nitrogens with zero attached hydrogens (tertiary/aromatic N) is 1. The topological polar surface area (TPSA) is 56.5 Å². The second-order valence-corrected chi connectivity index (χ2v) is 5.04. The Morgan fingerprint density at radius 3 is 2.71 bits per heavy atom. The summed E-state index contributed by atoms with van der Waals surface area (Å²) in [5.74, 6) is 1.68. The lowest BCUT2D eigenvalue weighted by molar-refractivity contribution is 0.181. The zero-order valence-electron chi connectivity index (χ0n) is 13.0. The zero-order valence-corrected chi connectivity index (χ0v) is 13.0. The van der Waals surface area contributed by atoms with Gasteiger partial charge in [0.05, 0.1) is 26.0 Å². The highest BCUT2D eigenvalue weighted by atomic mass is 16.5. The van der Waals surface area contributed by atoms with E-state index in [1.54, 1.807) is 14.2 Å².